The third-order valence-electron chi connectivity index (χ3n) is 2.84. The van der Waals surface area contributed by atoms with Gasteiger partial charge in [0, 0.05) is 3.57 Å². The molecule has 0 fully saturated rings. The molecule has 1 aliphatic rings. The van der Waals surface area contributed by atoms with Crippen molar-refractivity contribution in [2.45, 2.75) is 25.2 Å². The molecule has 0 N–H and O–H groups in total. The molecule has 0 radical (unpaired) electrons. The van der Waals surface area contributed by atoms with Gasteiger partial charge in [0.2, 0.25) is 0 Å². The molecule has 13 heavy (non-hydrogen) atoms. The number of halogens is 1. The van der Waals surface area contributed by atoms with Gasteiger partial charge in [0.05, 0.1) is 0 Å². The topological polar surface area (TPSA) is 0 Å². The molecule has 0 aromatic heterocycles. The van der Waals surface area contributed by atoms with Gasteiger partial charge in [0.15, 0.2) is 0 Å². The molecule has 0 bridgehead atoms. The highest BCUT2D eigenvalue weighted by molar-refractivity contribution is 14.1. The fourth-order valence-corrected chi connectivity index (χ4v) is 2.22. The summed E-state index contributed by atoms with van der Waals surface area (Å²) < 4.78 is 1.32. The zero-order valence-electron chi connectivity index (χ0n) is 7.76. The zero-order valence-corrected chi connectivity index (χ0v) is 9.91. The van der Waals surface area contributed by atoms with E-state index in [4.69, 9.17) is 0 Å². The van der Waals surface area contributed by atoms with Gasteiger partial charge in [-0.3, -0.25) is 0 Å². The molecule has 2 rings (SSSR count). The highest BCUT2D eigenvalue weighted by atomic mass is 127. The van der Waals surface area contributed by atoms with E-state index in [2.05, 4.69) is 65.9 Å². The highest BCUT2D eigenvalue weighted by Crippen LogP contribution is 2.36. The van der Waals surface area contributed by atoms with E-state index in [0.717, 1.165) is 0 Å². The lowest BCUT2D eigenvalue weighted by atomic mass is 9.80. The van der Waals surface area contributed by atoms with E-state index in [0.29, 0.717) is 5.41 Å². The zero-order chi connectivity index (χ0) is 9.31. The molecule has 1 aromatic carbocycles. The van der Waals surface area contributed by atoms with Crippen LogP contribution >= 0.6 is 22.6 Å². The number of allylic oxidation sites excluding steroid dienone is 2. The van der Waals surface area contributed by atoms with Crippen LogP contribution in [0.3, 0.4) is 0 Å². The van der Waals surface area contributed by atoms with Crippen LogP contribution in [0.25, 0.3) is 0 Å². The van der Waals surface area contributed by atoms with Crippen LogP contribution in [0, 0.1) is 3.57 Å². The van der Waals surface area contributed by atoms with Crippen LogP contribution in [0.4, 0.5) is 0 Å². The third kappa shape index (κ3) is 1.80. The maximum atomic E-state index is 2.35. The number of hydrogen-bond donors (Lipinski definition) is 0. The summed E-state index contributed by atoms with van der Waals surface area (Å²) in [6.45, 7) is 2.34. The van der Waals surface area contributed by atoms with Crippen molar-refractivity contribution in [2.24, 2.45) is 0 Å². The Kier molecular flexibility index (Phi) is 2.45. The Bertz CT molecular complexity index is 313. The van der Waals surface area contributed by atoms with Crippen LogP contribution in [0.15, 0.2) is 36.4 Å². The lowest BCUT2D eigenvalue weighted by Crippen LogP contribution is -2.16. The lowest BCUT2D eigenvalue weighted by molar-refractivity contribution is 0.511. The molecule has 0 aliphatic heterocycles. The monoisotopic (exact) mass is 284 g/mol. The first kappa shape index (κ1) is 9.25. The van der Waals surface area contributed by atoms with Crippen LogP contribution in [0.5, 0.6) is 0 Å². The molecule has 0 heterocycles. The summed E-state index contributed by atoms with van der Waals surface area (Å²) in [5.41, 5.74) is 1.84. The summed E-state index contributed by atoms with van der Waals surface area (Å²) in [5.74, 6) is 0. The molecule has 1 heteroatoms. The summed E-state index contributed by atoms with van der Waals surface area (Å²) in [7, 11) is 0. The van der Waals surface area contributed by atoms with E-state index in [1.807, 2.05) is 0 Å². The predicted molar refractivity (Wildman–Crippen MR) is 64.9 cm³/mol. The normalized spacial score (nSPS) is 19.2. The van der Waals surface area contributed by atoms with Crippen molar-refractivity contribution in [2.75, 3.05) is 0 Å². The average molecular weight is 284 g/mol. The summed E-state index contributed by atoms with van der Waals surface area (Å²) in [4.78, 5) is 0. The van der Waals surface area contributed by atoms with Gasteiger partial charge in [0.1, 0.15) is 0 Å². The molecule has 1 aliphatic carbocycles. The van der Waals surface area contributed by atoms with Gasteiger partial charge in [-0.05, 0) is 58.5 Å². The second-order valence-electron chi connectivity index (χ2n) is 3.95. The number of rotatable bonds is 1. The quantitative estimate of drug-likeness (QED) is 0.542. The Morgan fingerprint density at radius 1 is 1.08 bits per heavy atom. The van der Waals surface area contributed by atoms with E-state index in [9.17, 15) is 0 Å². The molecular formula is C12H13I. The van der Waals surface area contributed by atoms with Crippen LogP contribution in [-0.4, -0.2) is 0 Å². The first-order valence-electron chi connectivity index (χ1n) is 4.62. The second-order valence-corrected chi connectivity index (χ2v) is 5.19. The third-order valence-corrected chi connectivity index (χ3v) is 3.56. The van der Waals surface area contributed by atoms with Gasteiger partial charge in [-0.1, -0.05) is 31.2 Å². The minimum Gasteiger partial charge on any atom is -0.0876 e. The molecule has 1 aromatic rings. The Labute approximate surface area is 93.2 Å². The summed E-state index contributed by atoms with van der Waals surface area (Å²) in [5, 5.41) is 0. The van der Waals surface area contributed by atoms with Crippen molar-refractivity contribution in [1.82, 2.24) is 0 Å². The first-order chi connectivity index (χ1) is 6.21. The van der Waals surface area contributed by atoms with Crippen molar-refractivity contribution >= 4 is 22.6 Å². The molecule has 0 nitrogen and oxygen atoms in total. The van der Waals surface area contributed by atoms with Crippen LogP contribution in [0.1, 0.15) is 25.3 Å². The van der Waals surface area contributed by atoms with Gasteiger partial charge >= 0.3 is 0 Å². The Balaban J connectivity index is 2.30. The van der Waals surface area contributed by atoms with Crippen molar-refractivity contribution in [1.29, 1.82) is 0 Å². The van der Waals surface area contributed by atoms with E-state index >= 15 is 0 Å². The average Bonchev–Trinajstić information content (AvgIpc) is 2.54. The van der Waals surface area contributed by atoms with E-state index < -0.39 is 0 Å². The highest BCUT2D eigenvalue weighted by Gasteiger charge is 2.26. The van der Waals surface area contributed by atoms with E-state index in [1.165, 1.54) is 22.0 Å². The molecule has 0 atom stereocenters. The second kappa shape index (κ2) is 3.45. The molecular weight excluding hydrogens is 271 g/mol. The Morgan fingerprint density at radius 2 is 1.62 bits per heavy atom. The van der Waals surface area contributed by atoms with Gasteiger partial charge < -0.3 is 0 Å². The van der Waals surface area contributed by atoms with Crippen molar-refractivity contribution in [3.8, 4) is 0 Å². The number of hydrogen-bond acceptors (Lipinski definition) is 0. The summed E-state index contributed by atoms with van der Waals surface area (Å²) >= 11 is 2.35. The van der Waals surface area contributed by atoms with Crippen LogP contribution in [-0.2, 0) is 5.41 Å². The predicted octanol–water partition coefficient (Wildman–Crippen LogP) is 3.90. The van der Waals surface area contributed by atoms with Gasteiger partial charge in [0.25, 0.3) is 0 Å². The molecule has 0 saturated carbocycles. The molecule has 0 saturated heterocycles. The van der Waals surface area contributed by atoms with E-state index in [-0.39, 0.29) is 0 Å². The van der Waals surface area contributed by atoms with Gasteiger partial charge in [-0.25, -0.2) is 0 Å². The summed E-state index contributed by atoms with van der Waals surface area (Å²) in [6, 6.07) is 8.91. The Morgan fingerprint density at radius 3 is 2.15 bits per heavy atom. The van der Waals surface area contributed by atoms with Gasteiger partial charge in [-0.2, -0.15) is 0 Å². The largest absolute Gasteiger partial charge is 0.0876 e. The molecule has 68 valence electrons. The molecule has 0 unspecified atom stereocenters. The van der Waals surface area contributed by atoms with Crippen molar-refractivity contribution in [3.63, 3.8) is 0 Å². The SMILES string of the molecule is CC1(c2ccc(I)cc2)CC=CC1. The maximum absolute atomic E-state index is 2.35. The fourth-order valence-electron chi connectivity index (χ4n) is 1.86. The smallest absolute Gasteiger partial charge is 0.0130 e. The molecule has 0 spiro atoms. The standard InChI is InChI=1S/C12H13I/c1-12(8-2-3-9-12)10-4-6-11(13)7-5-10/h2-7H,8-9H2,1H3. The molecule has 0 amide bonds. The van der Waals surface area contributed by atoms with Crippen LogP contribution in [0.2, 0.25) is 0 Å². The van der Waals surface area contributed by atoms with Crippen LogP contribution < -0.4 is 0 Å². The van der Waals surface area contributed by atoms with Crippen molar-refractivity contribution in [3.05, 3.63) is 45.6 Å². The summed E-state index contributed by atoms with van der Waals surface area (Å²) in [6.07, 6.45) is 6.96. The minimum atomic E-state index is 0.365. The lowest BCUT2D eigenvalue weighted by Gasteiger charge is -2.24. The first-order valence-corrected chi connectivity index (χ1v) is 5.70. The van der Waals surface area contributed by atoms with Crippen molar-refractivity contribution < 1.29 is 0 Å². The number of benzene rings is 1. The maximum Gasteiger partial charge on any atom is 0.0130 e. The fraction of sp³-hybridized carbons (Fsp3) is 0.333. The van der Waals surface area contributed by atoms with E-state index in [1.54, 1.807) is 0 Å². The minimum absolute atomic E-state index is 0.365. The van der Waals surface area contributed by atoms with Gasteiger partial charge in [-0.15, -0.1) is 0 Å². The Hall–Kier alpha value is -0.310.